The zero-order chi connectivity index (χ0) is 25.0. The Morgan fingerprint density at radius 2 is 2.03 bits per heavy atom. The van der Waals surface area contributed by atoms with E-state index in [1.165, 1.54) is 11.5 Å². The molecule has 0 aliphatic carbocycles. The summed E-state index contributed by atoms with van der Waals surface area (Å²) >= 11 is 1.43. The molecule has 1 saturated heterocycles. The van der Waals surface area contributed by atoms with E-state index in [1.54, 1.807) is 16.9 Å². The Bertz CT molecular complexity index is 1510. The van der Waals surface area contributed by atoms with Crippen molar-refractivity contribution in [2.75, 3.05) is 44.8 Å². The van der Waals surface area contributed by atoms with Gasteiger partial charge in [-0.1, -0.05) is 0 Å². The largest absolute Gasteiger partial charge is 0.492 e. The van der Waals surface area contributed by atoms with Crippen molar-refractivity contribution in [2.45, 2.75) is 19.9 Å². The van der Waals surface area contributed by atoms with E-state index in [0.29, 0.717) is 24.6 Å². The number of aromatic nitrogens is 7. The molecule has 5 aromatic heterocycles. The van der Waals surface area contributed by atoms with Gasteiger partial charge in [0, 0.05) is 31.9 Å². The summed E-state index contributed by atoms with van der Waals surface area (Å²) in [5.74, 6) is 1.42. The van der Waals surface area contributed by atoms with E-state index in [1.807, 2.05) is 37.3 Å². The summed E-state index contributed by atoms with van der Waals surface area (Å²) in [4.78, 5) is 12.5. The van der Waals surface area contributed by atoms with E-state index in [2.05, 4.69) is 34.8 Å². The molecule has 11 nitrogen and oxygen atoms in total. The fraction of sp³-hybridized carbons (Fsp3) is 0.360. The van der Waals surface area contributed by atoms with Crippen molar-refractivity contribution < 1.29 is 9.47 Å². The molecule has 0 unspecified atom stereocenters. The first-order valence-corrected chi connectivity index (χ1v) is 13.1. The van der Waals surface area contributed by atoms with E-state index in [9.17, 15) is 0 Å². The molecule has 6 heterocycles. The van der Waals surface area contributed by atoms with Gasteiger partial charge in [0.05, 0.1) is 54.3 Å². The van der Waals surface area contributed by atoms with Crippen molar-refractivity contribution in [3.63, 3.8) is 0 Å². The van der Waals surface area contributed by atoms with Gasteiger partial charge in [-0.3, -0.25) is 9.88 Å². The first-order chi connectivity index (χ1) is 18.2. The highest BCUT2D eigenvalue weighted by atomic mass is 32.1. The third kappa shape index (κ3) is 5.36. The third-order valence-electron chi connectivity index (χ3n) is 6.19. The second-order valence-electron chi connectivity index (χ2n) is 8.84. The molecule has 1 aliphatic heterocycles. The molecule has 12 heteroatoms. The molecule has 0 bridgehead atoms. The first-order valence-electron chi connectivity index (χ1n) is 12.3. The summed E-state index contributed by atoms with van der Waals surface area (Å²) in [6.07, 6.45) is 4.47. The number of fused-ring (bicyclic) bond motifs is 2. The summed E-state index contributed by atoms with van der Waals surface area (Å²) in [6, 6.07) is 9.72. The van der Waals surface area contributed by atoms with Crippen LogP contribution in [0, 0.1) is 6.92 Å². The number of nitrogens with one attached hydrogen (secondary N) is 1. The monoisotopic (exact) mass is 517 g/mol. The number of pyridine rings is 2. The number of aryl methyl sites for hydroxylation is 1. The number of nitrogens with zero attached hydrogens (tertiary/aromatic N) is 8. The van der Waals surface area contributed by atoms with Crippen LogP contribution in [0.15, 0.2) is 42.7 Å². The molecular formula is C25H27N9O2S. The van der Waals surface area contributed by atoms with Gasteiger partial charge >= 0.3 is 0 Å². The van der Waals surface area contributed by atoms with E-state index in [-0.39, 0.29) is 0 Å². The van der Waals surface area contributed by atoms with Crippen LogP contribution in [-0.2, 0) is 11.3 Å². The van der Waals surface area contributed by atoms with Gasteiger partial charge in [0.15, 0.2) is 11.5 Å². The average molecular weight is 518 g/mol. The lowest BCUT2D eigenvalue weighted by Crippen LogP contribution is -2.37. The van der Waals surface area contributed by atoms with Crippen LogP contribution in [0.3, 0.4) is 0 Å². The van der Waals surface area contributed by atoms with Crippen LogP contribution in [-0.4, -0.2) is 78.5 Å². The van der Waals surface area contributed by atoms with Crippen LogP contribution in [0.5, 0.6) is 5.75 Å². The standard InChI is InChI=1S/C25H27N9O2S/c1-17-13-22(37-32-17)19-3-4-23-29-30-24(34(23)31-19)16-27-20-5-6-26-21-14-18(15-28-25(20)21)36-10-2-7-33-8-11-35-12-9-33/h3-6,13-15H,2,7-12,16H2,1H3,(H,26,27). The van der Waals surface area contributed by atoms with Gasteiger partial charge in [-0.2, -0.15) is 14.0 Å². The maximum Gasteiger partial charge on any atom is 0.178 e. The Hall–Kier alpha value is -3.74. The van der Waals surface area contributed by atoms with Crippen molar-refractivity contribution in [3.8, 4) is 16.3 Å². The topological polar surface area (TPSA) is 115 Å². The first kappa shape index (κ1) is 23.6. The molecule has 0 aromatic carbocycles. The number of rotatable bonds is 9. The van der Waals surface area contributed by atoms with Crippen LogP contribution >= 0.6 is 11.5 Å². The lowest BCUT2D eigenvalue weighted by Gasteiger charge is -2.26. The third-order valence-corrected chi connectivity index (χ3v) is 7.09. The summed E-state index contributed by atoms with van der Waals surface area (Å²) in [7, 11) is 0. The number of ether oxygens (including phenoxy) is 2. The molecule has 6 rings (SSSR count). The van der Waals surface area contributed by atoms with Gasteiger partial charge in [-0.05, 0) is 49.1 Å². The zero-order valence-electron chi connectivity index (χ0n) is 20.5. The minimum absolute atomic E-state index is 0.430. The fourth-order valence-corrected chi connectivity index (χ4v) is 4.99. The van der Waals surface area contributed by atoms with E-state index in [4.69, 9.17) is 14.6 Å². The Morgan fingerprint density at radius 3 is 2.89 bits per heavy atom. The Labute approximate surface area is 217 Å². The molecule has 0 radical (unpaired) electrons. The molecule has 0 spiro atoms. The van der Waals surface area contributed by atoms with Gasteiger partial charge in [-0.25, -0.2) is 4.98 Å². The van der Waals surface area contributed by atoms with Crippen molar-refractivity contribution in [1.82, 2.24) is 39.1 Å². The van der Waals surface area contributed by atoms with Crippen molar-refractivity contribution in [1.29, 1.82) is 0 Å². The van der Waals surface area contributed by atoms with Crippen LogP contribution < -0.4 is 10.1 Å². The highest BCUT2D eigenvalue weighted by Gasteiger charge is 2.13. The average Bonchev–Trinajstić information content (AvgIpc) is 3.56. The van der Waals surface area contributed by atoms with Crippen molar-refractivity contribution in [2.24, 2.45) is 0 Å². The summed E-state index contributed by atoms with van der Waals surface area (Å²) in [5.41, 5.74) is 4.90. The normalized spacial score (nSPS) is 14.4. The van der Waals surface area contributed by atoms with E-state index < -0.39 is 0 Å². The summed E-state index contributed by atoms with van der Waals surface area (Å²) in [6.45, 7) is 7.66. The summed E-state index contributed by atoms with van der Waals surface area (Å²) in [5, 5.41) is 16.7. The predicted octanol–water partition coefficient (Wildman–Crippen LogP) is 3.21. The smallest absolute Gasteiger partial charge is 0.178 e. The molecule has 37 heavy (non-hydrogen) atoms. The maximum absolute atomic E-state index is 5.95. The number of morpholine rings is 1. The molecule has 0 amide bonds. The highest BCUT2D eigenvalue weighted by molar-refractivity contribution is 7.09. The van der Waals surface area contributed by atoms with Crippen LogP contribution in [0.2, 0.25) is 0 Å². The predicted molar refractivity (Wildman–Crippen MR) is 141 cm³/mol. The Morgan fingerprint density at radius 1 is 1.11 bits per heavy atom. The molecule has 0 atom stereocenters. The number of anilines is 1. The molecule has 190 valence electrons. The Kier molecular flexibility index (Phi) is 6.84. The lowest BCUT2D eigenvalue weighted by molar-refractivity contribution is 0.0358. The molecule has 1 fully saturated rings. The minimum Gasteiger partial charge on any atom is -0.492 e. The van der Waals surface area contributed by atoms with Crippen molar-refractivity contribution >= 4 is 33.9 Å². The van der Waals surface area contributed by atoms with Gasteiger partial charge in [-0.15, -0.1) is 10.2 Å². The van der Waals surface area contributed by atoms with Crippen LogP contribution in [0.25, 0.3) is 27.3 Å². The number of hydrogen-bond donors (Lipinski definition) is 1. The lowest BCUT2D eigenvalue weighted by atomic mass is 10.2. The Balaban J connectivity index is 1.12. The number of hydrogen-bond acceptors (Lipinski definition) is 11. The summed E-state index contributed by atoms with van der Waals surface area (Å²) < 4.78 is 17.5. The molecule has 1 N–H and O–H groups in total. The molecule has 0 saturated carbocycles. The molecule has 1 aliphatic rings. The van der Waals surface area contributed by atoms with E-state index in [0.717, 1.165) is 78.0 Å². The van der Waals surface area contributed by atoms with Gasteiger partial charge in [0.25, 0.3) is 0 Å². The minimum atomic E-state index is 0.430. The second-order valence-corrected chi connectivity index (χ2v) is 9.65. The SMILES string of the molecule is Cc1cc(-c2ccc3nnc(CNc4ccnc5cc(OCCCN6CCOCC6)cnc45)n3n2)sn1. The van der Waals surface area contributed by atoms with Crippen molar-refractivity contribution in [3.05, 3.63) is 54.2 Å². The van der Waals surface area contributed by atoms with E-state index >= 15 is 0 Å². The molecular weight excluding hydrogens is 490 g/mol. The van der Waals surface area contributed by atoms with Crippen LogP contribution in [0.1, 0.15) is 17.9 Å². The zero-order valence-corrected chi connectivity index (χ0v) is 21.3. The van der Waals surface area contributed by atoms with Gasteiger partial charge in [0.2, 0.25) is 0 Å². The van der Waals surface area contributed by atoms with Crippen LogP contribution in [0.4, 0.5) is 5.69 Å². The maximum atomic E-state index is 5.95. The highest BCUT2D eigenvalue weighted by Crippen LogP contribution is 2.25. The molecule has 5 aromatic rings. The van der Waals surface area contributed by atoms with Gasteiger partial charge < -0.3 is 14.8 Å². The fourth-order valence-electron chi connectivity index (χ4n) is 4.27. The second kappa shape index (κ2) is 10.7. The quantitative estimate of drug-likeness (QED) is 0.292. The van der Waals surface area contributed by atoms with Gasteiger partial charge in [0.1, 0.15) is 17.0 Å².